The van der Waals surface area contributed by atoms with Crippen molar-refractivity contribution in [2.75, 3.05) is 48.8 Å². The number of nitrogens with zero attached hydrogens (tertiary/aromatic N) is 2. The summed E-state index contributed by atoms with van der Waals surface area (Å²) in [7, 11) is 7.55. The lowest BCUT2D eigenvalue weighted by Gasteiger charge is -2.17. The standard InChI is InChI=1S/C33H34N2O9/c1-37-21-17-24(38-2)29-25(18-21)44-31(20-15-26(39-3)32(41-5)27(16-20)40-4)33(30(29)36)43-14-10-6-9-13-42-28-19-34-22-11-7-8-12-23(22)35-28/h7-8,11-12,15-19H,6,9-10,13-14H2,1-5H3. The summed E-state index contributed by atoms with van der Waals surface area (Å²) in [5.74, 6) is 2.71. The van der Waals surface area contributed by atoms with E-state index in [2.05, 4.69) is 9.97 Å². The first kappa shape index (κ1) is 30.3. The highest BCUT2D eigenvalue weighted by atomic mass is 16.5. The van der Waals surface area contributed by atoms with Crippen LogP contribution >= 0.6 is 0 Å². The number of fused-ring (bicyclic) bond motifs is 2. The number of unbranched alkanes of at least 4 members (excludes halogenated alkanes) is 2. The number of rotatable bonds is 14. The summed E-state index contributed by atoms with van der Waals surface area (Å²) in [6, 6.07) is 14.3. The quantitative estimate of drug-likeness (QED) is 0.138. The van der Waals surface area contributed by atoms with Crippen LogP contribution in [0.5, 0.6) is 40.4 Å². The van der Waals surface area contributed by atoms with Gasteiger partial charge in [-0.25, -0.2) is 9.97 Å². The molecule has 0 saturated heterocycles. The molecular formula is C33H34N2O9. The van der Waals surface area contributed by atoms with Crippen LogP contribution < -0.4 is 38.6 Å². The van der Waals surface area contributed by atoms with Crippen molar-refractivity contribution in [2.45, 2.75) is 19.3 Å². The molecule has 0 aliphatic rings. The molecule has 230 valence electrons. The maximum absolute atomic E-state index is 13.9. The number of hydrogen-bond donors (Lipinski definition) is 0. The Morgan fingerprint density at radius 3 is 2.05 bits per heavy atom. The molecule has 11 nitrogen and oxygen atoms in total. The second-order valence-corrected chi connectivity index (χ2v) is 9.66. The summed E-state index contributed by atoms with van der Waals surface area (Å²) in [5.41, 5.74) is 1.99. The molecule has 3 aromatic carbocycles. The largest absolute Gasteiger partial charge is 0.496 e. The van der Waals surface area contributed by atoms with Crippen LogP contribution in [0, 0.1) is 0 Å². The zero-order chi connectivity index (χ0) is 31.1. The Bertz CT molecular complexity index is 1790. The fourth-order valence-electron chi connectivity index (χ4n) is 4.80. The van der Waals surface area contributed by atoms with Gasteiger partial charge in [0, 0.05) is 17.7 Å². The number of methoxy groups -OCH3 is 5. The first-order chi connectivity index (χ1) is 21.5. The molecule has 11 heteroatoms. The van der Waals surface area contributed by atoms with E-state index >= 15 is 0 Å². The minimum Gasteiger partial charge on any atom is -0.496 e. The topological polar surface area (TPSA) is 121 Å². The maximum atomic E-state index is 13.9. The molecule has 0 N–H and O–H groups in total. The molecule has 0 radical (unpaired) electrons. The molecule has 44 heavy (non-hydrogen) atoms. The molecule has 0 amide bonds. The molecule has 0 saturated carbocycles. The third kappa shape index (κ3) is 6.26. The van der Waals surface area contributed by atoms with Crippen molar-refractivity contribution in [3.05, 3.63) is 65.0 Å². The van der Waals surface area contributed by atoms with Gasteiger partial charge < -0.3 is 37.6 Å². The maximum Gasteiger partial charge on any atom is 0.239 e. The first-order valence-electron chi connectivity index (χ1n) is 14.0. The van der Waals surface area contributed by atoms with Crippen molar-refractivity contribution in [1.29, 1.82) is 0 Å². The number of benzene rings is 3. The Labute approximate surface area is 254 Å². The number of ether oxygens (including phenoxy) is 7. The van der Waals surface area contributed by atoms with Crippen molar-refractivity contribution < 1.29 is 37.6 Å². The van der Waals surface area contributed by atoms with Crippen LogP contribution in [0.3, 0.4) is 0 Å². The minimum atomic E-state index is -0.382. The molecule has 0 bridgehead atoms. The molecule has 0 fully saturated rings. The van der Waals surface area contributed by atoms with Crippen LogP contribution in [0.25, 0.3) is 33.3 Å². The second-order valence-electron chi connectivity index (χ2n) is 9.66. The summed E-state index contributed by atoms with van der Waals surface area (Å²) < 4.78 is 45.7. The molecule has 5 rings (SSSR count). The lowest BCUT2D eigenvalue weighted by molar-refractivity contribution is 0.271. The molecule has 0 aliphatic heterocycles. The van der Waals surface area contributed by atoms with Gasteiger partial charge in [0.2, 0.25) is 22.8 Å². The highest BCUT2D eigenvalue weighted by molar-refractivity contribution is 5.89. The third-order valence-corrected chi connectivity index (χ3v) is 6.99. The van der Waals surface area contributed by atoms with E-state index in [-0.39, 0.29) is 34.5 Å². The van der Waals surface area contributed by atoms with Gasteiger partial charge in [-0.05, 0) is 43.5 Å². The van der Waals surface area contributed by atoms with E-state index in [4.69, 9.17) is 37.6 Å². The van der Waals surface area contributed by atoms with E-state index in [9.17, 15) is 4.79 Å². The Morgan fingerprint density at radius 2 is 1.39 bits per heavy atom. The van der Waals surface area contributed by atoms with Crippen LogP contribution in [-0.2, 0) is 0 Å². The minimum absolute atomic E-state index is 0.0397. The molecule has 2 heterocycles. The fraction of sp³-hybridized carbons (Fsp3) is 0.303. The molecule has 0 spiro atoms. The number of hydrogen-bond acceptors (Lipinski definition) is 11. The first-order valence-corrected chi connectivity index (χ1v) is 14.0. The third-order valence-electron chi connectivity index (χ3n) is 6.99. The molecule has 0 aliphatic carbocycles. The van der Waals surface area contributed by atoms with E-state index in [1.807, 2.05) is 24.3 Å². The van der Waals surface area contributed by atoms with Gasteiger partial charge in [-0.2, -0.15) is 0 Å². The van der Waals surface area contributed by atoms with Crippen molar-refractivity contribution in [3.8, 4) is 51.7 Å². The molecule has 0 atom stereocenters. The van der Waals surface area contributed by atoms with Crippen LogP contribution in [0.1, 0.15) is 19.3 Å². The van der Waals surface area contributed by atoms with Crippen LogP contribution in [0.2, 0.25) is 0 Å². The Hall–Kier alpha value is -5.19. The highest BCUT2D eigenvalue weighted by Crippen LogP contribution is 2.44. The van der Waals surface area contributed by atoms with Crippen LogP contribution in [0.4, 0.5) is 0 Å². The van der Waals surface area contributed by atoms with E-state index in [1.54, 1.807) is 30.5 Å². The molecular weight excluding hydrogens is 568 g/mol. The fourth-order valence-corrected chi connectivity index (χ4v) is 4.80. The summed E-state index contributed by atoms with van der Waals surface area (Å²) >= 11 is 0. The summed E-state index contributed by atoms with van der Waals surface area (Å²) in [6.07, 6.45) is 3.84. The van der Waals surface area contributed by atoms with Gasteiger partial charge >= 0.3 is 0 Å². The second kappa shape index (κ2) is 13.9. The summed E-state index contributed by atoms with van der Waals surface area (Å²) in [4.78, 5) is 22.8. The average molecular weight is 603 g/mol. The number of para-hydroxylation sites is 2. The van der Waals surface area contributed by atoms with Gasteiger partial charge in [-0.15, -0.1) is 0 Å². The zero-order valence-electron chi connectivity index (χ0n) is 25.3. The Kier molecular flexibility index (Phi) is 9.53. The summed E-state index contributed by atoms with van der Waals surface area (Å²) in [5, 5.41) is 0.240. The van der Waals surface area contributed by atoms with Gasteiger partial charge in [-0.3, -0.25) is 4.79 Å². The van der Waals surface area contributed by atoms with Crippen molar-refractivity contribution in [2.24, 2.45) is 0 Å². The molecule has 0 unspecified atom stereocenters. The normalized spacial score (nSPS) is 10.9. The number of aromatic nitrogens is 2. The smallest absolute Gasteiger partial charge is 0.239 e. The molecule has 2 aromatic heterocycles. The van der Waals surface area contributed by atoms with Gasteiger partial charge in [0.15, 0.2) is 17.3 Å². The van der Waals surface area contributed by atoms with Gasteiger partial charge in [-0.1, -0.05) is 12.1 Å². The monoisotopic (exact) mass is 602 g/mol. The van der Waals surface area contributed by atoms with Gasteiger partial charge in [0.25, 0.3) is 0 Å². The predicted octanol–water partition coefficient (Wildman–Crippen LogP) is 6.07. The van der Waals surface area contributed by atoms with Crippen molar-refractivity contribution in [1.82, 2.24) is 9.97 Å². The van der Waals surface area contributed by atoms with E-state index < -0.39 is 0 Å². The van der Waals surface area contributed by atoms with E-state index in [1.165, 1.54) is 35.5 Å². The van der Waals surface area contributed by atoms with Crippen LogP contribution in [-0.4, -0.2) is 58.7 Å². The molecule has 5 aromatic rings. The average Bonchev–Trinajstić information content (AvgIpc) is 3.06. The Balaban J connectivity index is 1.37. The highest BCUT2D eigenvalue weighted by Gasteiger charge is 2.24. The van der Waals surface area contributed by atoms with Crippen LogP contribution in [0.15, 0.2) is 63.9 Å². The van der Waals surface area contributed by atoms with Gasteiger partial charge in [0.1, 0.15) is 22.5 Å². The van der Waals surface area contributed by atoms with E-state index in [0.29, 0.717) is 53.2 Å². The zero-order valence-corrected chi connectivity index (χ0v) is 25.3. The Morgan fingerprint density at radius 1 is 0.705 bits per heavy atom. The summed E-state index contributed by atoms with van der Waals surface area (Å²) in [6.45, 7) is 0.739. The van der Waals surface area contributed by atoms with Gasteiger partial charge in [0.05, 0.1) is 66.0 Å². The SMILES string of the molecule is COc1cc(OC)c2c(=O)c(OCCCCCOc3cnc4ccccc4n3)c(-c3cc(OC)c(OC)c(OC)c3)oc2c1. The van der Waals surface area contributed by atoms with Crippen molar-refractivity contribution in [3.63, 3.8) is 0 Å². The lowest BCUT2D eigenvalue weighted by Crippen LogP contribution is -2.12. The lowest BCUT2D eigenvalue weighted by atomic mass is 10.1. The predicted molar refractivity (Wildman–Crippen MR) is 165 cm³/mol. The van der Waals surface area contributed by atoms with Crippen molar-refractivity contribution >= 4 is 22.0 Å². The van der Waals surface area contributed by atoms with E-state index in [0.717, 1.165) is 23.9 Å².